The zero-order valence-corrected chi connectivity index (χ0v) is 14.1. The number of halogens is 3. The van der Waals surface area contributed by atoms with Gasteiger partial charge in [0.1, 0.15) is 16.5 Å². The quantitative estimate of drug-likeness (QED) is 0.857. The Morgan fingerprint density at radius 3 is 2.67 bits per heavy atom. The van der Waals surface area contributed by atoms with Gasteiger partial charge in [0.2, 0.25) is 10.0 Å². The molecule has 0 amide bonds. The second-order valence-corrected chi connectivity index (χ2v) is 7.96. The fourth-order valence-corrected chi connectivity index (χ4v) is 5.28. The van der Waals surface area contributed by atoms with Crippen LogP contribution in [0.5, 0.6) is 0 Å². The van der Waals surface area contributed by atoms with Gasteiger partial charge in [0.05, 0.1) is 0 Å². The van der Waals surface area contributed by atoms with Crippen LogP contribution < -0.4 is 4.72 Å². The first kappa shape index (κ1) is 16.8. The topological polar surface area (TPSA) is 46.2 Å². The number of sulfonamides is 1. The van der Waals surface area contributed by atoms with Crippen molar-refractivity contribution in [3.63, 3.8) is 0 Å². The molecule has 1 fully saturated rings. The summed E-state index contributed by atoms with van der Waals surface area (Å²) in [4.78, 5) is -0.525. The van der Waals surface area contributed by atoms with Gasteiger partial charge in [-0.05, 0) is 40.8 Å². The Kier molecular flexibility index (Phi) is 5.38. The summed E-state index contributed by atoms with van der Waals surface area (Å²) >= 11 is 2.92. The normalized spacial score (nSPS) is 23.2. The highest BCUT2D eigenvalue weighted by atomic mass is 79.9. The van der Waals surface area contributed by atoms with Gasteiger partial charge < -0.3 is 0 Å². The van der Waals surface area contributed by atoms with E-state index in [1.165, 1.54) is 0 Å². The first-order valence-electron chi connectivity index (χ1n) is 7.00. The number of hydrogen-bond acceptors (Lipinski definition) is 2. The van der Waals surface area contributed by atoms with E-state index >= 15 is 0 Å². The van der Waals surface area contributed by atoms with Crippen molar-refractivity contribution in [3.8, 4) is 0 Å². The van der Waals surface area contributed by atoms with Crippen molar-refractivity contribution in [2.45, 2.75) is 50.0 Å². The molecule has 21 heavy (non-hydrogen) atoms. The van der Waals surface area contributed by atoms with Gasteiger partial charge in [0, 0.05) is 16.6 Å². The third-order valence-electron chi connectivity index (χ3n) is 3.91. The maximum atomic E-state index is 13.8. The molecular weight excluding hydrogens is 364 g/mol. The molecule has 0 spiro atoms. The molecule has 1 aliphatic rings. The van der Waals surface area contributed by atoms with E-state index in [0.717, 1.165) is 38.2 Å². The smallest absolute Gasteiger partial charge is 0.208 e. The predicted molar refractivity (Wildman–Crippen MR) is 80.4 cm³/mol. The largest absolute Gasteiger partial charge is 0.244 e. The van der Waals surface area contributed by atoms with Crippen LogP contribution in [0.25, 0.3) is 0 Å². The Labute approximate surface area is 132 Å². The lowest BCUT2D eigenvalue weighted by Gasteiger charge is -2.29. The monoisotopic (exact) mass is 381 g/mol. The summed E-state index contributed by atoms with van der Waals surface area (Å²) in [7, 11) is -4.01. The molecule has 118 valence electrons. The molecule has 2 rings (SSSR count). The summed E-state index contributed by atoms with van der Waals surface area (Å²) in [6.45, 7) is 2.08. The Morgan fingerprint density at radius 2 is 2.05 bits per heavy atom. The molecule has 0 aromatic heterocycles. The molecule has 3 nitrogen and oxygen atoms in total. The molecule has 1 N–H and O–H groups in total. The molecular formula is C14H18BrF2NO2S. The molecule has 1 aromatic carbocycles. The fourth-order valence-electron chi connectivity index (χ4n) is 2.83. The van der Waals surface area contributed by atoms with E-state index in [4.69, 9.17) is 0 Å². The van der Waals surface area contributed by atoms with Crippen molar-refractivity contribution in [2.75, 3.05) is 0 Å². The zero-order chi connectivity index (χ0) is 15.6. The molecule has 1 aliphatic carbocycles. The summed E-state index contributed by atoms with van der Waals surface area (Å²) in [6, 6.07) is 1.34. The summed E-state index contributed by atoms with van der Waals surface area (Å²) in [5, 5.41) is 0. The van der Waals surface area contributed by atoms with Crippen LogP contribution >= 0.6 is 15.9 Å². The average molecular weight is 382 g/mol. The third kappa shape index (κ3) is 4.02. The van der Waals surface area contributed by atoms with E-state index in [1.54, 1.807) is 0 Å². The van der Waals surface area contributed by atoms with Gasteiger partial charge in [0.25, 0.3) is 0 Å². The minimum absolute atomic E-state index is 0.102. The second-order valence-electron chi connectivity index (χ2n) is 5.46. The fraction of sp³-hybridized carbons (Fsp3) is 0.571. The van der Waals surface area contributed by atoms with E-state index < -0.39 is 26.6 Å². The molecule has 7 heteroatoms. The van der Waals surface area contributed by atoms with Crippen molar-refractivity contribution in [2.24, 2.45) is 5.92 Å². The average Bonchev–Trinajstić information content (AvgIpc) is 2.36. The number of nitrogens with one attached hydrogen (secondary N) is 1. The van der Waals surface area contributed by atoms with Crippen LogP contribution in [-0.4, -0.2) is 14.5 Å². The third-order valence-corrected chi connectivity index (χ3v) is 6.40. The summed E-state index contributed by atoms with van der Waals surface area (Å²) < 4.78 is 54.0. The van der Waals surface area contributed by atoms with Crippen LogP contribution in [0.4, 0.5) is 8.78 Å². The number of rotatable bonds is 4. The summed E-state index contributed by atoms with van der Waals surface area (Å²) in [6.07, 6.45) is 4.57. The molecule has 0 heterocycles. The molecule has 2 unspecified atom stereocenters. The van der Waals surface area contributed by atoms with Crippen molar-refractivity contribution < 1.29 is 17.2 Å². The molecule has 1 saturated carbocycles. The van der Waals surface area contributed by atoms with Crippen LogP contribution in [0.1, 0.15) is 39.0 Å². The molecule has 0 radical (unpaired) electrons. The van der Waals surface area contributed by atoms with E-state index in [0.29, 0.717) is 12.0 Å². The van der Waals surface area contributed by atoms with Crippen LogP contribution in [0.15, 0.2) is 21.5 Å². The lowest BCUT2D eigenvalue weighted by Crippen LogP contribution is -2.38. The number of benzene rings is 1. The minimum Gasteiger partial charge on any atom is -0.208 e. The summed E-state index contributed by atoms with van der Waals surface area (Å²) in [5.41, 5.74) is 0. The van der Waals surface area contributed by atoms with E-state index in [-0.39, 0.29) is 10.5 Å². The molecule has 0 bridgehead atoms. The van der Waals surface area contributed by atoms with Gasteiger partial charge in [-0.25, -0.2) is 21.9 Å². The molecule has 1 aromatic rings. The van der Waals surface area contributed by atoms with Gasteiger partial charge in [-0.2, -0.15) is 0 Å². The Bertz CT molecular complexity index is 598. The van der Waals surface area contributed by atoms with Crippen molar-refractivity contribution in [1.29, 1.82) is 0 Å². The lowest BCUT2D eigenvalue weighted by molar-refractivity contribution is 0.301. The van der Waals surface area contributed by atoms with Gasteiger partial charge in [-0.15, -0.1) is 0 Å². The highest BCUT2D eigenvalue weighted by Crippen LogP contribution is 2.30. The van der Waals surface area contributed by atoms with Gasteiger partial charge in [-0.1, -0.05) is 26.2 Å². The number of hydrogen-bond donors (Lipinski definition) is 1. The van der Waals surface area contributed by atoms with E-state index in [1.807, 2.05) is 0 Å². The Balaban J connectivity index is 2.23. The zero-order valence-electron chi connectivity index (χ0n) is 11.7. The van der Waals surface area contributed by atoms with E-state index in [9.17, 15) is 17.2 Å². The maximum Gasteiger partial charge on any atom is 0.244 e. The van der Waals surface area contributed by atoms with Gasteiger partial charge in [0.15, 0.2) is 0 Å². The molecule has 0 saturated heterocycles. The first-order valence-corrected chi connectivity index (χ1v) is 9.28. The van der Waals surface area contributed by atoms with Crippen LogP contribution in [0, 0.1) is 17.6 Å². The van der Waals surface area contributed by atoms with Crippen LogP contribution in [0.3, 0.4) is 0 Å². The minimum atomic E-state index is -4.01. The Morgan fingerprint density at radius 1 is 1.33 bits per heavy atom. The molecule has 2 atom stereocenters. The first-order chi connectivity index (χ1) is 9.83. The SMILES string of the molecule is CCC1CCCC(NS(=O)(=O)c2c(F)cc(F)cc2Br)C1. The van der Waals surface area contributed by atoms with Gasteiger partial charge >= 0.3 is 0 Å². The van der Waals surface area contributed by atoms with Crippen molar-refractivity contribution in [1.82, 2.24) is 4.72 Å². The standard InChI is InChI=1S/C14H18BrF2NO2S/c1-2-9-4-3-5-11(6-9)18-21(19,20)14-12(15)7-10(16)8-13(14)17/h7-9,11,18H,2-6H2,1H3. The molecule has 0 aliphatic heterocycles. The van der Waals surface area contributed by atoms with Crippen LogP contribution in [-0.2, 0) is 10.0 Å². The highest BCUT2D eigenvalue weighted by Gasteiger charge is 2.29. The lowest BCUT2D eigenvalue weighted by atomic mass is 9.85. The second kappa shape index (κ2) is 6.71. The van der Waals surface area contributed by atoms with Gasteiger partial charge in [-0.3, -0.25) is 0 Å². The maximum absolute atomic E-state index is 13.8. The van der Waals surface area contributed by atoms with E-state index in [2.05, 4.69) is 27.6 Å². The van der Waals surface area contributed by atoms with Crippen molar-refractivity contribution in [3.05, 3.63) is 28.2 Å². The predicted octanol–water partition coefficient (Wildman–Crippen LogP) is 3.97. The van der Waals surface area contributed by atoms with Crippen LogP contribution in [0.2, 0.25) is 0 Å². The van der Waals surface area contributed by atoms with Crippen molar-refractivity contribution >= 4 is 26.0 Å². The Hall–Kier alpha value is -0.530. The highest BCUT2D eigenvalue weighted by molar-refractivity contribution is 9.10. The summed E-state index contributed by atoms with van der Waals surface area (Å²) in [5.74, 6) is -1.41.